The van der Waals surface area contributed by atoms with Gasteiger partial charge in [-0.2, -0.15) is 0 Å². The first-order chi connectivity index (χ1) is 8.74. The van der Waals surface area contributed by atoms with Gasteiger partial charge in [-0.15, -0.1) is 0 Å². The number of hydrogen-bond acceptors (Lipinski definition) is 3. The summed E-state index contributed by atoms with van der Waals surface area (Å²) < 4.78 is 24.2. The Hall–Kier alpha value is -1.13. The Labute approximate surface area is 107 Å². The lowest BCUT2D eigenvalue weighted by Gasteiger charge is -2.14. The normalized spacial score (nSPS) is 19.2. The molecule has 100 valence electrons. The van der Waals surface area contributed by atoms with E-state index in [1.54, 1.807) is 14.2 Å². The van der Waals surface area contributed by atoms with E-state index in [2.05, 4.69) is 5.32 Å². The van der Waals surface area contributed by atoms with Crippen LogP contribution in [-0.4, -0.2) is 26.8 Å². The number of halogens is 1. The van der Waals surface area contributed by atoms with Gasteiger partial charge in [-0.05, 0) is 37.4 Å². The first-order valence-corrected chi connectivity index (χ1v) is 6.32. The summed E-state index contributed by atoms with van der Waals surface area (Å²) in [7, 11) is 3.17. The minimum atomic E-state index is -0.194. The van der Waals surface area contributed by atoms with Gasteiger partial charge >= 0.3 is 0 Å². The third-order valence-electron chi connectivity index (χ3n) is 3.38. The maximum Gasteiger partial charge on any atom is 0.130 e. The molecule has 1 aliphatic rings. The van der Waals surface area contributed by atoms with Crippen LogP contribution in [0.1, 0.15) is 24.0 Å². The van der Waals surface area contributed by atoms with Crippen molar-refractivity contribution in [2.75, 3.05) is 20.8 Å². The quantitative estimate of drug-likeness (QED) is 0.873. The molecule has 0 radical (unpaired) electrons. The van der Waals surface area contributed by atoms with E-state index in [9.17, 15) is 4.39 Å². The summed E-state index contributed by atoms with van der Waals surface area (Å²) in [5.41, 5.74) is 1.64. The predicted octanol–water partition coefficient (Wildman–Crippen LogP) is 2.28. The average Bonchev–Trinajstić information content (AvgIpc) is 2.86. The van der Waals surface area contributed by atoms with Crippen molar-refractivity contribution in [3.8, 4) is 5.75 Å². The first-order valence-electron chi connectivity index (χ1n) is 6.32. The van der Waals surface area contributed by atoms with E-state index in [-0.39, 0.29) is 5.82 Å². The fourth-order valence-corrected chi connectivity index (χ4v) is 2.46. The summed E-state index contributed by atoms with van der Waals surface area (Å²) in [4.78, 5) is 0. The molecule has 0 spiro atoms. The van der Waals surface area contributed by atoms with Crippen LogP contribution in [0.25, 0.3) is 0 Å². The summed E-state index contributed by atoms with van der Waals surface area (Å²) in [6.45, 7) is 1.47. The first kappa shape index (κ1) is 13.3. The number of ether oxygens (including phenoxy) is 2. The van der Waals surface area contributed by atoms with Crippen LogP contribution in [0.4, 0.5) is 4.39 Å². The minimum absolute atomic E-state index is 0.194. The molecule has 4 heteroatoms. The molecule has 1 N–H and O–H groups in total. The van der Waals surface area contributed by atoms with Gasteiger partial charge in [0.15, 0.2) is 0 Å². The highest BCUT2D eigenvalue weighted by Gasteiger charge is 2.18. The molecule has 1 fully saturated rings. The number of nitrogens with one attached hydrogen (secondary N) is 1. The predicted molar refractivity (Wildman–Crippen MR) is 68.4 cm³/mol. The summed E-state index contributed by atoms with van der Waals surface area (Å²) in [6.07, 6.45) is 3.02. The second kappa shape index (κ2) is 6.16. The highest BCUT2D eigenvalue weighted by Crippen LogP contribution is 2.25. The standard InChI is InChI=1S/C14H20FNO2/c1-17-9-11-6-10(7-12-4-3-5-16-12)13(15)8-14(11)18-2/h6,8,12,16H,3-5,7,9H2,1-2H3. The van der Waals surface area contributed by atoms with Crippen LogP contribution < -0.4 is 10.1 Å². The summed E-state index contributed by atoms with van der Waals surface area (Å²) in [5.74, 6) is 0.359. The van der Waals surface area contributed by atoms with Gasteiger partial charge in [-0.25, -0.2) is 4.39 Å². The van der Waals surface area contributed by atoms with Gasteiger partial charge in [-0.1, -0.05) is 0 Å². The molecule has 0 amide bonds. The highest BCUT2D eigenvalue weighted by molar-refractivity contribution is 5.38. The van der Waals surface area contributed by atoms with Gasteiger partial charge in [0.1, 0.15) is 11.6 Å². The fourth-order valence-electron chi connectivity index (χ4n) is 2.46. The molecule has 2 rings (SSSR count). The van der Waals surface area contributed by atoms with Gasteiger partial charge in [-0.3, -0.25) is 0 Å². The van der Waals surface area contributed by atoms with Crippen molar-refractivity contribution in [2.24, 2.45) is 0 Å². The highest BCUT2D eigenvalue weighted by atomic mass is 19.1. The monoisotopic (exact) mass is 253 g/mol. The van der Waals surface area contributed by atoms with Crippen LogP contribution >= 0.6 is 0 Å². The zero-order valence-corrected chi connectivity index (χ0v) is 11.0. The topological polar surface area (TPSA) is 30.5 Å². The van der Waals surface area contributed by atoms with E-state index < -0.39 is 0 Å². The molecule has 0 bridgehead atoms. The van der Waals surface area contributed by atoms with E-state index in [0.717, 1.165) is 30.5 Å². The van der Waals surface area contributed by atoms with Gasteiger partial charge in [0.2, 0.25) is 0 Å². The molecule has 1 aliphatic heterocycles. The van der Waals surface area contributed by atoms with Crippen LogP contribution in [0, 0.1) is 5.82 Å². The number of methoxy groups -OCH3 is 2. The Morgan fingerprint density at radius 3 is 2.78 bits per heavy atom. The van der Waals surface area contributed by atoms with Crippen LogP contribution in [-0.2, 0) is 17.8 Å². The molecule has 0 aliphatic carbocycles. The summed E-state index contributed by atoms with van der Waals surface area (Å²) >= 11 is 0. The van der Waals surface area contributed by atoms with E-state index in [1.165, 1.54) is 12.5 Å². The fraction of sp³-hybridized carbons (Fsp3) is 0.571. The largest absolute Gasteiger partial charge is 0.496 e. The molecular formula is C14H20FNO2. The zero-order chi connectivity index (χ0) is 13.0. The molecular weight excluding hydrogens is 233 g/mol. The molecule has 0 aromatic heterocycles. The Kier molecular flexibility index (Phi) is 4.55. The lowest BCUT2D eigenvalue weighted by Crippen LogP contribution is -2.24. The van der Waals surface area contributed by atoms with Crippen LogP contribution in [0.2, 0.25) is 0 Å². The van der Waals surface area contributed by atoms with E-state index in [1.807, 2.05) is 6.07 Å². The average molecular weight is 253 g/mol. The molecule has 1 heterocycles. The van der Waals surface area contributed by atoms with Gasteiger partial charge in [0, 0.05) is 24.8 Å². The molecule has 1 saturated heterocycles. The van der Waals surface area contributed by atoms with Crippen molar-refractivity contribution >= 4 is 0 Å². The van der Waals surface area contributed by atoms with Crippen molar-refractivity contribution in [2.45, 2.75) is 31.9 Å². The Morgan fingerprint density at radius 1 is 1.33 bits per heavy atom. The molecule has 1 aromatic carbocycles. The molecule has 0 saturated carbocycles. The molecule has 18 heavy (non-hydrogen) atoms. The number of hydrogen-bond donors (Lipinski definition) is 1. The molecule has 3 nitrogen and oxygen atoms in total. The number of benzene rings is 1. The second-order valence-corrected chi connectivity index (χ2v) is 4.69. The summed E-state index contributed by atoms with van der Waals surface area (Å²) in [6, 6.07) is 3.71. The van der Waals surface area contributed by atoms with Crippen molar-refractivity contribution in [1.82, 2.24) is 5.32 Å². The third-order valence-corrected chi connectivity index (χ3v) is 3.38. The zero-order valence-electron chi connectivity index (χ0n) is 11.0. The van der Waals surface area contributed by atoms with Crippen molar-refractivity contribution in [3.05, 3.63) is 29.1 Å². The van der Waals surface area contributed by atoms with Crippen LogP contribution in [0.3, 0.4) is 0 Å². The van der Waals surface area contributed by atoms with Crippen LogP contribution in [0.15, 0.2) is 12.1 Å². The van der Waals surface area contributed by atoms with Gasteiger partial charge < -0.3 is 14.8 Å². The number of rotatable bonds is 5. The van der Waals surface area contributed by atoms with Gasteiger partial charge in [0.05, 0.1) is 13.7 Å². The lowest BCUT2D eigenvalue weighted by atomic mass is 10.0. The summed E-state index contributed by atoms with van der Waals surface area (Å²) in [5, 5.41) is 3.38. The smallest absolute Gasteiger partial charge is 0.130 e. The van der Waals surface area contributed by atoms with E-state index in [0.29, 0.717) is 18.4 Å². The minimum Gasteiger partial charge on any atom is -0.496 e. The third kappa shape index (κ3) is 3.00. The van der Waals surface area contributed by atoms with Crippen molar-refractivity contribution in [3.63, 3.8) is 0 Å². The van der Waals surface area contributed by atoms with Gasteiger partial charge in [0.25, 0.3) is 0 Å². The van der Waals surface area contributed by atoms with E-state index in [4.69, 9.17) is 9.47 Å². The Bertz CT molecular complexity index is 403. The maximum absolute atomic E-state index is 14.0. The Balaban J connectivity index is 2.20. The lowest BCUT2D eigenvalue weighted by molar-refractivity contribution is 0.181. The SMILES string of the molecule is COCc1cc(CC2CCCN2)c(F)cc1OC. The molecule has 1 unspecified atom stereocenters. The molecule has 1 atom stereocenters. The van der Waals surface area contributed by atoms with E-state index >= 15 is 0 Å². The second-order valence-electron chi connectivity index (χ2n) is 4.69. The maximum atomic E-state index is 14.0. The Morgan fingerprint density at radius 2 is 2.17 bits per heavy atom. The van der Waals surface area contributed by atoms with Crippen LogP contribution in [0.5, 0.6) is 5.75 Å². The molecule has 1 aromatic rings. The van der Waals surface area contributed by atoms with Crippen molar-refractivity contribution < 1.29 is 13.9 Å². The van der Waals surface area contributed by atoms with Crippen molar-refractivity contribution in [1.29, 1.82) is 0 Å².